The van der Waals surface area contributed by atoms with Crippen LogP contribution in [0.1, 0.15) is 19.4 Å². The third-order valence-electron chi connectivity index (χ3n) is 2.39. The van der Waals surface area contributed by atoms with Crippen molar-refractivity contribution in [3.8, 4) is 11.8 Å². The standard InChI is InChI=1S/C16H22O4/c1-3-19-16(20-4-2)11-10-15(17)13-18-12-14-8-6-5-7-9-14/h5-9,15-17H,3-4,12-13H2,1-2H3. The SMILES string of the molecule is CCOC(C#CC(O)COCc1ccccc1)OCC. The molecule has 4 nitrogen and oxygen atoms in total. The minimum Gasteiger partial charge on any atom is -0.378 e. The number of rotatable bonds is 8. The molecule has 1 aromatic rings. The van der Waals surface area contributed by atoms with Gasteiger partial charge in [-0.15, -0.1) is 0 Å². The number of aliphatic hydroxyl groups excluding tert-OH is 1. The first-order valence-electron chi connectivity index (χ1n) is 6.80. The Morgan fingerprint density at radius 2 is 1.70 bits per heavy atom. The van der Waals surface area contributed by atoms with E-state index in [4.69, 9.17) is 14.2 Å². The topological polar surface area (TPSA) is 47.9 Å². The van der Waals surface area contributed by atoms with Gasteiger partial charge in [0.25, 0.3) is 0 Å². The van der Waals surface area contributed by atoms with Gasteiger partial charge in [-0.2, -0.15) is 0 Å². The summed E-state index contributed by atoms with van der Waals surface area (Å²) < 4.78 is 15.9. The summed E-state index contributed by atoms with van der Waals surface area (Å²) in [4.78, 5) is 0. The van der Waals surface area contributed by atoms with Gasteiger partial charge in [0.05, 0.1) is 13.2 Å². The summed E-state index contributed by atoms with van der Waals surface area (Å²) >= 11 is 0. The quantitative estimate of drug-likeness (QED) is 0.583. The molecule has 1 aromatic carbocycles. The Hall–Kier alpha value is -1.38. The van der Waals surface area contributed by atoms with Crippen molar-refractivity contribution >= 4 is 0 Å². The maximum absolute atomic E-state index is 9.70. The maximum Gasteiger partial charge on any atom is 0.222 e. The van der Waals surface area contributed by atoms with E-state index in [0.29, 0.717) is 19.8 Å². The molecular formula is C16H22O4. The van der Waals surface area contributed by atoms with Crippen LogP contribution in [-0.4, -0.2) is 37.3 Å². The molecule has 0 aromatic heterocycles. The zero-order valence-corrected chi connectivity index (χ0v) is 12.0. The summed E-state index contributed by atoms with van der Waals surface area (Å²) in [5.74, 6) is 5.41. The zero-order valence-electron chi connectivity index (χ0n) is 12.0. The summed E-state index contributed by atoms with van der Waals surface area (Å²) in [5, 5.41) is 9.70. The molecule has 1 unspecified atom stereocenters. The predicted octanol–water partition coefficient (Wildman–Crippen LogP) is 1.97. The fourth-order valence-corrected chi connectivity index (χ4v) is 1.50. The Morgan fingerprint density at radius 1 is 1.05 bits per heavy atom. The summed E-state index contributed by atoms with van der Waals surface area (Å²) in [6, 6.07) is 9.79. The highest BCUT2D eigenvalue weighted by atomic mass is 16.7. The van der Waals surface area contributed by atoms with E-state index in [1.54, 1.807) is 0 Å². The van der Waals surface area contributed by atoms with Crippen molar-refractivity contribution in [1.82, 2.24) is 0 Å². The molecular weight excluding hydrogens is 256 g/mol. The van der Waals surface area contributed by atoms with Crippen molar-refractivity contribution in [3.05, 3.63) is 35.9 Å². The molecule has 0 spiro atoms. The Balaban J connectivity index is 2.30. The molecule has 4 heteroatoms. The Kier molecular flexibility index (Phi) is 8.68. The molecule has 0 aliphatic heterocycles. The second kappa shape index (κ2) is 10.4. The highest BCUT2D eigenvalue weighted by molar-refractivity contribution is 5.13. The molecule has 1 rings (SSSR count). The molecule has 0 radical (unpaired) electrons. The largest absolute Gasteiger partial charge is 0.378 e. The van der Waals surface area contributed by atoms with Crippen LogP contribution in [0.2, 0.25) is 0 Å². The zero-order chi connectivity index (χ0) is 14.6. The number of benzene rings is 1. The lowest BCUT2D eigenvalue weighted by atomic mass is 10.2. The lowest BCUT2D eigenvalue weighted by molar-refractivity contribution is -0.0972. The van der Waals surface area contributed by atoms with Crippen LogP contribution in [0.15, 0.2) is 30.3 Å². The molecule has 0 aliphatic carbocycles. The molecule has 0 saturated heterocycles. The van der Waals surface area contributed by atoms with Crippen molar-refractivity contribution in [1.29, 1.82) is 0 Å². The van der Waals surface area contributed by atoms with Gasteiger partial charge in [0.2, 0.25) is 6.29 Å². The molecule has 20 heavy (non-hydrogen) atoms. The molecule has 0 saturated carbocycles. The van der Waals surface area contributed by atoms with E-state index in [9.17, 15) is 5.11 Å². The molecule has 0 amide bonds. The highest BCUT2D eigenvalue weighted by Gasteiger charge is 2.04. The first-order chi connectivity index (χ1) is 9.76. The molecule has 0 aliphatic rings. The van der Waals surface area contributed by atoms with E-state index < -0.39 is 12.4 Å². The van der Waals surface area contributed by atoms with Crippen LogP contribution in [0, 0.1) is 11.8 Å². The van der Waals surface area contributed by atoms with Gasteiger partial charge in [0.1, 0.15) is 6.10 Å². The van der Waals surface area contributed by atoms with Gasteiger partial charge < -0.3 is 19.3 Å². The molecule has 1 atom stereocenters. The maximum atomic E-state index is 9.70. The second-order valence-corrected chi connectivity index (χ2v) is 4.05. The van der Waals surface area contributed by atoms with Gasteiger partial charge in [-0.1, -0.05) is 36.3 Å². The van der Waals surface area contributed by atoms with E-state index in [2.05, 4.69) is 11.8 Å². The van der Waals surface area contributed by atoms with E-state index in [1.807, 2.05) is 44.2 Å². The smallest absolute Gasteiger partial charge is 0.222 e. The van der Waals surface area contributed by atoms with Crippen molar-refractivity contribution in [2.45, 2.75) is 32.8 Å². The number of ether oxygens (including phenoxy) is 3. The number of hydrogen-bond donors (Lipinski definition) is 1. The molecule has 0 fully saturated rings. The van der Waals surface area contributed by atoms with Crippen LogP contribution in [-0.2, 0) is 20.8 Å². The van der Waals surface area contributed by atoms with Crippen LogP contribution >= 0.6 is 0 Å². The Morgan fingerprint density at radius 3 is 2.30 bits per heavy atom. The Labute approximate surface area is 120 Å². The average molecular weight is 278 g/mol. The minimum absolute atomic E-state index is 0.160. The second-order valence-electron chi connectivity index (χ2n) is 4.05. The Bertz CT molecular complexity index is 401. The van der Waals surface area contributed by atoms with Gasteiger partial charge in [-0.25, -0.2) is 0 Å². The van der Waals surface area contributed by atoms with Crippen LogP contribution < -0.4 is 0 Å². The average Bonchev–Trinajstić information content (AvgIpc) is 2.46. The van der Waals surface area contributed by atoms with Crippen LogP contribution in [0.4, 0.5) is 0 Å². The van der Waals surface area contributed by atoms with E-state index in [1.165, 1.54) is 0 Å². The van der Waals surface area contributed by atoms with Gasteiger partial charge in [0, 0.05) is 13.2 Å². The lowest BCUT2D eigenvalue weighted by Gasteiger charge is -2.10. The van der Waals surface area contributed by atoms with Gasteiger partial charge in [-0.3, -0.25) is 0 Å². The van der Waals surface area contributed by atoms with E-state index in [-0.39, 0.29) is 6.61 Å². The predicted molar refractivity (Wildman–Crippen MR) is 76.9 cm³/mol. The van der Waals surface area contributed by atoms with Crippen LogP contribution in [0.3, 0.4) is 0 Å². The van der Waals surface area contributed by atoms with Crippen molar-refractivity contribution < 1.29 is 19.3 Å². The molecule has 1 N–H and O–H groups in total. The van der Waals surface area contributed by atoms with Gasteiger partial charge >= 0.3 is 0 Å². The minimum atomic E-state index is -0.845. The van der Waals surface area contributed by atoms with Crippen molar-refractivity contribution in [2.75, 3.05) is 19.8 Å². The van der Waals surface area contributed by atoms with Gasteiger partial charge in [0.15, 0.2) is 0 Å². The summed E-state index contributed by atoms with van der Waals surface area (Å²) in [5.41, 5.74) is 1.06. The van der Waals surface area contributed by atoms with Gasteiger partial charge in [-0.05, 0) is 25.3 Å². The molecule has 0 bridgehead atoms. The normalized spacial score (nSPS) is 12.0. The van der Waals surface area contributed by atoms with E-state index >= 15 is 0 Å². The fraction of sp³-hybridized carbons (Fsp3) is 0.500. The van der Waals surface area contributed by atoms with Crippen molar-refractivity contribution in [2.24, 2.45) is 0 Å². The van der Waals surface area contributed by atoms with E-state index in [0.717, 1.165) is 5.56 Å². The summed E-state index contributed by atoms with van der Waals surface area (Å²) in [7, 11) is 0. The molecule has 110 valence electrons. The van der Waals surface area contributed by atoms with Crippen LogP contribution in [0.5, 0.6) is 0 Å². The first kappa shape index (κ1) is 16.7. The summed E-state index contributed by atoms with van der Waals surface area (Å²) in [6.07, 6.45) is -1.43. The number of aliphatic hydroxyl groups is 1. The number of hydrogen-bond acceptors (Lipinski definition) is 4. The van der Waals surface area contributed by atoms with Crippen LogP contribution in [0.25, 0.3) is 0 Å². The molecule has 0 heterocycles. The first-order valence-corrected chi connectivity index (χ1v) is 6.80. The van der Waals surface area contributed by atoms with Crippen molar-refractivity contribution in [3.63, 3.8) is 0 Å². The third-order valence-corrected chi connectivity index (χ3v) is 2.39. The highest BCUT2D eigenvalue weighted by Crippen LogP contribution is 2.01. The lowest BCUT2D eigenvalue weighted by Crippen LogP contribution is -2.17. The third kappa shape index (κ3) is 7.27. The monoisotopic (exact) mass is 278 g/mol. The summed E-state index contributed by atoms with van der Waals surface area (Å²) in [6.45, 7) is 5.38. The fourth-order valence-electron chi connectivity index (χ4n) is 1.50.